The second kappa shape index (κ2) is 5.24. The maximum Gasteiger partial charge on any atom is 0.414 e. The van der Waals surface area contributed by atoms with E-state index < -0.39 is 5.60 Å². The number of hydrogen-bond acceptors (Lipinski definition) is 3. The minimum Gasteiger partial charge on any atom is -0.443 e. The van der Waals surface area contributed by atoms with Crippen molar-refractivity contribution in [3.63, 3.8) is 0 Å². The van der Waals surface area contributed by atoms with Crippen molar-refractivity contribution < 1.29 is 9.53 Å². The Hall–Kier alpha value is -1.71. The highest BCUT2D eigenvalue weighted by molar-refractivity contribution is 5.91. The molecule has 0 aromatic heterocycles. The Kier molecular flexibility index (Phi) is 3.56. The topological polar surface area (TPSA) is 41.6 Å². The van der Waals surface area contributed by atoms with E-state index in [9.17, 15) is 4.79 Å². The molecule has 0 spiro atoms. The summed E-state index contributed by atoms with van der Waals surface area (Å²) in [6, 6.07) is 6.26. The van der Waals surface area contributed by atoms with Crippen LogP contribution in [0.1, 0.15) is 39.2 Å². The van der Waals surface area contributed by atoms with Crippen LogP contribution in [0.15, 0.2) is 18.2 Å². The fraction of sp³-hybridized carbons (Fsp3) is 0.588. The molecule has 0 unspecified atom stereocenters. The molecule has 0 bridgehead atoms. The molecule has 1 aliphatic carbocycles. The first-order chi connectivity index (χ1) is 9.92. The van der Waals surface area contributed by atoms with E-state index in [4.69, 9.17) is 4.74 Å². The van der Waals surface area contributed by atoms with Gasteiger partial charge in [-0.1, -0.05) is 0 Å². The van der Waals surface area contributed by atoms with Crippen LogP contribution >= 0.6 is 0 Å². The summed E-state index contributed by atoms with van der Waals surface area (Å²) in [6.07, 6.45) is 3.35. The fourth-order valence-corrected chi connectivity index (χ4v) is 2.60. The van der Waals surface area contributed by atoms with Gasteiger partial charge in [-0.25, -0.2) is 4.79 Å². The van der Waals surface area contributed by atoms with Crippen LogP contribution in [0.2, 0.25) is 0 Å². The number of benzene rings is 1. The highest BCUT2D eigenvalue weighted by atomic mass is 16.6. The Bertz CT molecular complexity index is 544. The van der Waals surface area contributed by atoms with Crippen molar-refractivity contribution in [3.05, 3.63) is 23.8 Å². The van der Waals surface area contributed by atoms with Gasteiger partial charge in [0, 0.05) is 18.8 Å². The molecule has 2 aliphatic rings. The number of fused-ring (bicyclic) bond motifs is 1. The number of carbonyl (C=O) groups excluding carboxylic acids is 1. The molecule has 1 aromatic rings. The maximum absolute atomic E-state index is 12.2. The minimum absolute atomic E-state index is 0.250. The van der Waals surface area contributed by atoms with Gasteiger partial charge in [0.05, 0.1) is 5.69 Å². The highest BCUT2D eigenvalue weighted by Crippen LogP contribution is 2.33. The molecule has 1 aliphatic heterocycles. The maximum atomic E-state index is 12.2. The number of nitrogens with zero attached hydrogens (tertiary/aromatic N) is 1. The number of ether oxygens (including phenoxy) is 1. The van der Waals surface area contributed by atoms with E-state index >= 15 is 0 Å². The number of nitrogens with one attached hydrogen (secondary N) is 1. The van der Waals surface area contributed by atoms with Crippen LogP contribution < -0.4 is 10.2 Å². The molecule has 0 radical (unpaired) electrons. The van der Waals surface area contributed by atoms with Crippen molar-refractivity contribution in [2.24, 2.45) is 5.92 Å². The Balaban J connectivity index is 1.68. The molecule has 1 aromatic carbocycles. The van der Waals surface area contributed by atoms with Gasteiger partial charge in [0.2, 0.25) is 0 Å². The van der Waals surface area contributed by atoms with Gasteiger partial charge in [-0.05, 0) is 69.7 Å². The number of anilines is 2. The van der Waals surface area contributed by atoms with Crippen LogP contribution in [0.25, 0.3) is 0 Å². The van der Waals surface area contributed by atoms with E-state index in [0.717, 1.165) is 30.3 Å². The first-order valence-electron chi connectivity index (χ1n) is 7.80. The first kappa shape index (κ1) is 14.2. The number of carbonyl (C=O) groups is 1. The molecule has 0 atom stereocenters. The predicted molar refractivity (Wildman–Crippen MR) is 84.9 cm³/mol. The van der Waals surface area contributed by atoms with Crippen LogP contribution in [0, 0.1) is 5.92 Å². The fourth-order valence-electron chi connectivity index (χ4n) is 2.60. The summed E-state index contributed by atoms with van der Waals surface area (Å²) < 4.78 is 5.47. The van der Waals surface area contributed by atoms with E-state index in [1.165, 1.54) is 18.4 Å². The Morgan fingerprint density at radius 2 is 2.14 bits per heavy atom. The highest BCUT2D eigenvalue weighted by Gasteiger charge is 2.29. The van der Waals surface area contributed by atoms with Gasteiger partial charge in [-0.3, -0.25) is 4.90 Å². The van der Waals surface area contributed by atoms with Crippen LogP contribution in [-0.4, -0.2) is 24.8 Å². The van der Waals surface area contributed by atoms with Crippen LogP contribution in [-0.2, 0) is 11.2 Å². The average molecular weight is 288 g/mol. The smallest absolute Gasteiger partial charge is 0.414 e. The second-order valence-corrected chi connectivity index (χ2v) is 7.05. The van der Waals surface area contributed by atoms with Crippen LogP contribution in [0.5, 0.6) is 0 Å². The molecule has 4 nitrogen and oxygen atoms in total. The lowest BCUT2D eigenvalue weighted by Gasteiger charge is -2.24. The number of rotatable bonds is 3. The third kappa shape index (κ3) is 3.49. The molecule has 0 saturated heterocycles. The molecular formula is C17H24N2O2. The zero-order valence-electron chi connectivity index (χ0n) is 13.1. The van der Waals surface area contributed by atoms with Gasteiger partial charge in [0.15, 0.2) is 0 Å². The van der Waals surface area contributed by atoms with E-state index in [-0.39, 0.29) is 6.09 Å². The molecule has 4 heteroatoms. The largest absolute Gasteiger partial charge is 0.443 e. The van der Waals surface area contributed by atoms with Crippen LogP contribution in [0.3, 0.4) is 0 Å². The normalized spacial score (nSPS) is 17.6. The molecule has 21 heavy (non-hydrogen) atoms. The summed E-state index contributed by atoms with van der Waals surface area (Å²) in [5.74, 6) is 0.858. The van der Waals surface area contributed by atoms with Crippen LogP contribution in [0.4, 0.5) is 16.2 Å². The molecule has 1 amide bonds. The zero-order chi connectivity index (χ0) is 15.0. The Morgan fingerprint density at radius 1 is 1.38 bits per heavy atom. The van der Waals surface area contributed by atoms with Gasteiger partial charge in [-0.15, -0.1) is 0 Å². The zero-order valence-corrected chi connectivity index (χ0v) is 13.1. The van der Waals surface area contributed by atoms with Gasteiger partial charge in [0.1, 0.15) is 5.60 Å². The molecule has 1 N–H and O–H groups in total. The summed E-state index contributed by atoms with van der Waals surface area (Å²) >= 11 is 0. The van der Waals surface area contributed by atoms with E-state index in [1.807, 2.05) is 26.8 Å². The third-order valence-electron chi connectivity index (χ3n) is 3.88. The Morgan fingerprint density at radius 3 is 2.81 bits per heavy atom. The molecule has 1 saturated carbocycles. The summed E-state index contributed by atoms with van der Waals surface area (Å²) in [5, 5.41) is 3.48. The summed E-state index contributed by atoms with van der Waals surface area (Å²) in [7, 11) is 0. The van der Waals surface area contributed by atoms with Gasteiger partial charge in [-0.2, -0.15) is 0 Å². The quantitative estimate of drug-likeness (QED) is 0.919. The molecule has 1 heterocycles. The third-order valence-corrected chi connectivity index (χ3v) is 3.88. The van der Waals surface area contributed by atoms with Crippen molar-refractivity contribution >= 4 is 17.5 Å². The van der Waals surface area contributed by atoms with E-state index in [1.54, 1.807) is 4.90 Å². The number of amides is 1. The van der Waals surface area contributed by atoms with E-state index in [2.05, 4.69) is 17.4 Å². The first-order valence-corrected chi connectivity index (χ1v) is 7.80. The monoisotopic (exact) mass is 288 g/mol. The minimum atomic E-state index is -0.453. The summed E-state index contributed by atoms with van der Waals surface area (Å²) in [6.45, 7) is 7.46. The standard InChI is InChI=1S/C17H24N2O2/c1-17(2,3)21-16(20)19-9-8-13-10-14(6-7-15(13)19)18-11-12-4-5-12/h6-7,10,12,18H,4-5,8-9,11H2,1-3H3. The Labute approximate surface area is 126 Å². The van der Waals surface area contributed by atoms with Crippen molar-refractivity contribution in [1.82, 2.24) is 0 Å². The van der Waals surface area contributed by atoms with E-state index in [0.29, 0.717) is 6.54 Å². The predicted octanol–water partition coefficient (Wildman–Crippen LogP) is 3.81. The second-order valence-electron chi connectivity index (χ2n) is 7.05. The molecule has 114 valence electrons. The average Bonchev–Trinajstić information content (AvgIpc) is 3.12. The molecular weight excluding hydrogens is 264 g/mol. The number of hydrogen-bond donors (Lipinski definition) is 1. The van der Waals surface area contributed by atoms with Gasteiger partial charge < -0.3 is 10.1 Å². The van der Waals surface area contributed by atoms with Crippen molar-refractivity contribution in [1.29, 1.82) is 0 Å². The van der Waals surface area contributed by atoms with Gasteiger partial charge >= 0.3 is 6.09 Å². The SMILES string of the molecule is CC(C)(C)OC(=O)N1CCc2cc(NCC3CC3)ccc21. The lowest BCUT2D eigenvalue weighted by Crippen LogP contribution is -2.35. The van der Waals surface area contributed by atoms with Crippen molar-refractivity contribution in [2.75, 3.05) is 23.3 Å². The molecule has 1 fully saturated rings. The van der Waals surface area contributed by atoms with Gasteiger partial charge in [0.25, 0.3) is 0 Å². The van der Waals surface area contributed by atoms with Crippen molar-refractivity contribution in [2.45, 2.75) is 45.6 Å². The lowest BCUT2D eigenvalue weighted by molar-refractivity contribution is 0.0584. The molecule has 3 rings (SSSR count). The van der Waals surface area contributed by atoms with Crippen molar-refractivity contribution in [3.8, 4) is 0 Å². The summed E-state index contributed by atoms with van der Waals surface area (Å²) in [4.78, 5) is 14.0. The summed E-state index contributed by atoms with van der Waals surface area (Å²) in [5.41, 5.74) is 2.92. The lowest BCUT2D eigenvalue weighted by atomic mass is 10.1.